The fourth-order valence-electron chi connectivity index (χ4n) is 3.78. The first-order valence-corrected chi connectivity index (χ1v) is 10.4. The number of fused-ring (bicyclic) bond motifs is 1. The van der Waals surface area contributed by atoms with E-state index in [4.69, 9.17) is 10.5 Å². The molecule has 2 heterocycles. The van der Waals surface area contributed by atoms with E-state index < -0.39 is 35.5 Å². The first-order chi connectivity index (χ1) is 16.3. The lowest BCUT2D eigenvalue weighted by Gasteiger charge is -2.26. The number of nitrogens with one attached hydrogen (secondary N) is 2. The zero-order chi connectivity index (χ0) is 24.4. The van der Waals surface area contributed by atoms with Crippen LogP contribution in [-0.4, -0.2) is 41.5 Å². The van der Waals surface area contributed by atoms with E-state index in [0.29, 0.717) is 17.5 Å². The van der Waals surface area contributed by atoms with Crippen LogP contribution in [0.3, 0.4) is 0 Å². The van der Waals surface area contributed by atoms with E-state index >= 15 is 0 Å². The van der Waals surface area contributed by atoms with Crippen LogP contribution in [0, 0.1) is 17.5 Å². The minimum atomic E-state index is -1.33. The van der Waals surface area contributed by atoms with Crippen molar-refractivity contribution in [1.29, 1.82) is 0 Å². The number of primary amides is 1. The van der Waals surface area contributed by atoms with Crippen molar-refractivity contribution >= 4 is 23.4 Å². The molecule has 11 heteroatoms. The van der Waals surface area contributed by atoms with Crippen molar-refractivity contribution in [1.82, 2.24) is 14.9 Å². The number of hydrogen-bond acceptors (Lipinski definition) is 7. The standard InChI is InChI=1S/C23H23F3N6O2/c1-32-6-5-12-8-19(34-2)18(7-13(12)11-32)30-23-29-10-15(21(27)33)22(31-23)28-9-14-16(24)3-4-17(25)20(14)26/h3-4,7-8,10H,5-6,9,11H2,1-2H3,(H2,27,33)(H2,28,29,30,31). The molecule has 1 aliphatic heterocycles. The van der Waals surface area contributed by atoms with E-state index in [9.17, 15) is 18.0 Å². The van der Waals surface area contributed by atoms with Crippen molar-refractivity contribution in [2.24, 2.45) is 5.73 Å². The second-order valence-corrected chi connectivity index (χ2v) is 7.93. The predicted molar refractivity (Wildman–Crippen MR) is 121 cm³/mol. The van der Waals surface area contributed by atoms with Crippen molar-refractivity contribution < 1.29 is 22.7 Å². The normalized spacial score (nSPS) is 13.3. The molecule has 1 aromatic heterocycles. The number of nitrogens with two attached hydrogens (primary N) is 1. The quantitative estimate of drug-likeness (QED) is 0.453. The Hall–Kier alpha value is -3.86. The van der Waals surface area contributed by atoms with Crippen LogP contribution in [0.1, 0.15) is 27.0 Å². The van der Waals surface area contributed by atoms with Gasteiger partial charge in [-0.2, -0.15) is 4.98 Å². The number of carbonyl (C=O) groups excluding carboxylic acids is 1. The predicted octanol–water partition coefficient (Wildman–Crippen LogP) is 3.35. The van der Waals surface area contributed by atoms with E-state index in [1.807, 2.05) is 19.2 Å². The van der Waals surface area contributed by atoms with Crippen LogP contribution in [0.15, 0.2) is 30.5 Å². The molecule has 1 aliphatic rings. The number of hydrogen-bond donors (Lipinski definition) is 3. The van der Waals surface area contributed by atoms with Crippen LogP contribution in [0.5, 0.6) is 5.75 Å². The highest BCUT2D eigenvalue weighted by molar-refractivity contribution is 5.97. The second kappa shape index (κ2) is 9.56. The summed E-state index contributed by atoms with van der Waals surface area (Å²) in [6, 6.07) is 5.41. The molecule has 1 amide bonds. The van der Waals surface area contributed by atoms with Crippen LogP contribution in [0.25, 0.3) is 0 Å². The van der Waals surface area contributed by atoms with E-state index in [1.165, 1.54) is 11.8 Å². The number of ether oxygens (including phenoxy) is 1. The molecule has 178 valence electrons. The molecule has 3 aromatic rings. The van der Waals surface area contributed by atoms with Crippen molar-refractivity contribution in [2.45, 2.75) is 19.5 Å². The Bertz CT molecular complexity index is 1250. The fourth-order valence-corrected chi connectivity index (χ4v) is 3.78. The van der Waals surface area contributed by atoms with Crippen molar-refractivity contribution in [3.63, 3.8) is 0 Å². The van der Waals surface area contributed by atoms with Crippen molar-refractivity contribution in [3.05, 3.63) is 70.2 Å². The SMILES string of the molecule is COc1cc2c(cc1Nc1ncc(C(N)=O)c(NCc3c(F)ccc(F)c3F)n1)CN(C)CC2. The Kier molecular flexibility index (Phi) is 6.55. The zero-order valence-electron chi connectivity index (χ0n) is 18.6. The van der Waals surface area contributed by atoms with Crippen LogP contribution < -0.4 is 21.1 Å². The number of carbonyl (C=O) groups is 1. The number of rotatable bonds is 7. The smallest absolute Gasteiger partial charge is 0.254 e. The maximum absolute atomic E-state index is 14.0. The van der Waals surface area contributed by atoms with Crippen molar-refractivity contribution in [3.8, 4) is 5.75 Å². The van der Waals surface area contributed by atoms with Gasteiger partial charge in [-0.25, -0.2) is 18.2 Å². The maximum atomic E-state index is 14.0. The number of likely N-dealkylation sites (N-methyl/N-ethyl adjacent to an activating group) is 1. The third-order valence-electron chi connectivity index (χ3n) is 5.60. The Morgan fingerprint density at radius 2 is 1.97 bits per heavy atom. The summed E-state index contributed by atoms with van der Waals surface area (Å²) in [5, 5.41) is 5.71. The molecule has 0 radical (unpaired) electrons. The third kappa shape index (κ3) is 4.74. The van der Waals surface area contributed by atoms with Gasteiger partial charge in [0.1, 0.15) is 17.4 Å². The number of aromatic nitrogens is 2. The molecule has 0 bridgehead atoms. The minimum Gasteiger partial charge on any atom is -0.495 e. The number of anilines is 3. The average molecular weight is 472 g/mol. The molecular formula is C23H23F3N6O2. The number of halogens is 3. The van der Waals surface area contributed by atoms with Gasteiger partial charge < -0.3 is 26.0 Å². The Balaban J connectivity index is 1.64. The van der Waals surface area contributed by atoms with Gasteiger partial charge in [-0.1, -0.05) is 0 Å². The number of amides is 1. The monoisotopic (exact) mass is 472 g/mol. The van der Waals surface area contributed by atoms with Gasteiger partial charge >= 0.3 is 0 Å². The Morgan fingerprint density at radius 1 is 1.21 bits per heavy atom. The third-order valence-corrected chi connectivity index (χ3v) is 5.60. The molecule has 0 spiro atoms. The van der Waals surface area contributed by atoms with Gasteiger partial charge in [0, 0.05) is 31.4 Å². The summed E-state index contributed by atoms with van der Waals surface area (Å²) in [5.74, 6) is -3.69. The highest BCUT2D eigenvalue weighted by Crippen LogP contribution is 2.33. The Morgan fingerprint density at radius 3 is 2.71 bits per heavy atom. The summed E-state index contributed by atoms with van der Waals surface area (Å²) >= 11 is 0. The first-order valence-electron chi connectivity index (χ1n) is 10.4. The molecular weight excluding hydrogens is 449 g/mol. The molecule has 0 saturated carbocycles. The molecule has 2 aromatic carbocycles. The van der Waals surface area contributed by atoms with E-state index in [-0.39, 0.29) is 17.3 Å². The summed E-state index contributed by atoms with van der Waals surface area (Å²) in [5.41, 5.74) is 7.68. The molecule has 0 unspecified atom stereocenters. The van der Waals surface area contributed by atoms with Gasteiger partial charge in [-0.3, -0.25) is 4.79 Å². The first kappa shape index (κ1) is 23.3. The molecule has 8 nitrogen and oxygen atoms in total. The number of methoxy groups -OCH3 is 1. The summed E-state index contributed by atoms with van der Waals surface area (Å²) in [4.78, 5) is 22.4. The lowest BCUT2D eigenvalue weighted by atomic mass is 9.99. The van der Waals surface area contributed by atoms with Crippen molar-refractivity contribution in [2.75, 3.05) is 31.3 Å². The number of benzene rings is 2. The number of nitrogens with zero attached hydrogens (tertiary/aromatic N) is 3. The molecule has 4 rings (SSSR count). The van der Waals surface area contributed by atoms with Crippen LogP contribution >= 0.6 is 0 Å². The largest absolute Gasteiger partial charge is 0.495 e. The topological polar surface area (TPSA) is 105 Å². The van der Waals surface area contributed by atoms with Crippen LogP contribution in [0.2, 0.25) is 0 Å². The maximum Gasteiger partial charge on any atom is 0.254 e. The summed E-state index contributed by atoms with van der Waals surface area (Å²) < 4.78 is 47.1. The highest BCUT2D eigenvalue weighted by atomic mass is 19.2. The summed E-state index contributed by atoms with van der Waals surface area (Å²) in [6.45, 7) is 1.25. The van der Waals surface area contributed by atoms with Gasteiger partial charge in [0.15, 0.2) is 11.6 Å². The fraction of sp³-hybridized carbons (Fsp3) is 0.261. The van der Waals surface area contributed by atoms with Gasteiger partial charge in [-0.15, -0.1) is 0 Å². The van der Waals surface area contributed by atoms with Gasteiger partial charge in [-0.05, 0) is 48.9 Å². The van der Waals surface area contributed by atoms with Crippen LogP contribution in [0.4, 0.5) is 30.6 Å². The summed E-state index contributed by atoms with van der Waals surface area (Å²) in [7, 11) is 3.59. The van der Waals surface area contributed by atoms with Gasteiger partial charge in [0.2, 0.25) is 5.95 Å². The van der Waals surface area contributed by atoms with E-state index in [1.54, 1.807) is 7.11 Å². The lowest BCUT2D eigenvalue weighted by Crippen LogP contribution is -2.26. The molecule has 0 atom stereocenters. The van der Waals surface area contributed by atoms with Gasteiger partial charge in [0.05, 0.1) is 18.4 Å². The molecule has 34 heavy (non-hydrogen) atoms. The van der Waals surface area contributed by atoms with Gasteiger partial charge in [0.25, 0.3) is 5.91 Å². The lowest BCUT2D eigenvalue weighted by molar-refractivity contribution is 0.100. The van der Waals surface area contributed by atoms with Crippen LogP contribution in [-0.2, 0) is 19.5 Å². The van der Waals surface area contributed by atoms with E-state index in [2.05, 4.69) is 25.5 Å². The minimum absolute atomic E-state index is 0.0651. The molecule has 0 fully saturated rings. The second-order valence-electron chi connectivity index (χ2n) is 7.93. The molecule has 4 N–H and O–H groups in total. The van der Waals surface area contributed by atoms with E-state index in [0.717, 1.165) is 31.1 Å². The zero-order valence-corrected chi connectivity index (χ0v) is 18.6. The average Bonchev–Trinajstić information content (AvgIpc) is 2.81. The Labute approximate surface area is 194 Å². The molecule has 0 saturated heterocycles. The highest BCUT2D eigenvalue weighted by Gasteiger charge is 2.19. The summed E-state index contributed by atoms with van der Waals surface area (Å²) in [6.07, 6.45) is 2.09. The molecule has 0 aliphatic carbocycles.